The van der Waals surface area contributed by atoms with Crippen LogP contribution in [0.1, 0.15) is 26.5 Å². The highest BCUT2D eigenvalue weighted by molar-refractivity contribution is 6.19. The van der Waals surface area contributed by atoms with Crippen LogP contribution in [-0.4, -0.2) is 46.2 Å². The lowest BCUT2D eigenvalue weighted by Crippen LogP contribution is -2.16. The Balaban J connectivity index is 1.55. The summed E-state index contributed by atoms with van der Waals surface area (Å²) in [6, 6.07) is 15.1. The minimum atomic E-state index is -0.489. The molecule has 0 aliphatic carbocycles. The van der Waals surface area contributed by atoms with Crippen LogP contribution in [0.5, 0.6) is 28.7 Å². The average Bonchev–Trinajstić information content (AvgIpc) is 3.29. The molecule has 9 nitrogen and oxygen atoms in total. The third-order valence-corrected chi connectivity index (χ3v) is 5.77. The van der Waals surface area contributed by atoms with Crippen LogP contribution >= 0.6 is 0 Å². The number of fused-ring (bicyclic) bond motifs is 2. The first-order chi connectivity index (χ1) is 17.5. The van der Waals surface area contributed by atoms with Crippen LogP contribution in [0.3, 0.4) is 0 Å². The molecule has 0 radical (unpaired) electrons. The van der Waals surface area contributed by atoms with Crippen LogP contribution < -0.4 is 29.0 Å². The van der Waals surface area contributed by atoms with E-state index in [9.17, 15) is 9.59 Å². The second-order valence-electron chi connectivity index (χ2n) is 7.86. The number of carbonyl (C=O) groups is 2. The number of amides is 1. The average molecular weight is 489 g/mol. The molecule has 0 fully saturated rings. The maximum atomic E-state index is 13.5. The SMILES string of the molecule is COc1cc(C(=O)Nc2c(C(=O)c3ccc4c(c3)OCCO4)oc3ccccc23)cc(OC)c1OC. The molecule has 3 aromatic carbocycles. The molecule has 36 heavy (non-hydrogen) atoms. The van der Waals surface area contributed by atoms with E-state index in [2.05, 4.69) is 5.32 Å². The number of methoxy groups -OCH3 is 3. The highest BCUT2D eigenvalue weighted by Crippen LogP contribution is 2.39. The number of ether oxygens (including phenoxy) is 5. The van der Waals surface area contributed by atoms with E-state index < -0.39 is 11.7 Å². The van der Waals surface area contributed by atoms with E-state index in [0.29, 0.717) is 58.5 Å². The van der Waals surface area contributed by atoms with Gasteiger partial charge in [-0.3, -0.25) is 9.59 Å². The van der Waals surface area contributed by atoms with E-state index in [0.717, 1.165) is 0 Å². The Bertz CT molecular complexity index is 1450. The zero-order valence-electron chi connectivity index (χ0n) is 19.9. The highest BCUT2D eigenvalue weighted by atomic mass is 16.6. The second kappa shape index (κ2) is 9.53. The van der Waals surface area contributed by atoms with E-state index in [4.69, 9.17) is 28.1 Å². The van der Waals surface area contributed by atoms with Crippen molar-refractivity contribution >= 4 is 28.3 Å². The maximum Gasteiger partial charge on any atom is 0.256 e. The van der Waals surface area contributed by atoms with Gasteiger partial charge in [0.25, 0.3) is 5.91 Å². The summed E-state index contributed by atoms with van der Waals surface area (Å²) < 4.78 is 33.1. The molecule has 184 valence electrons. The topological polar surface area (TPSA) is 105 Å². The summed E-state index contributed by atoms with van der Waals surface area (Å²) in [7, 11) is 4.41. The van der Waals surface area contributed by atoms with E-state index in [-0.39, 0.29) is 17.0 Å². The predicted molar refractivity (Wildman–Crippen MR) is 131 cm³/mol. The minimum Gasteiger partial charge on any atom is -0.493 e. The maximum absolute atomic E-state index is 13.5. The Morgan fingerprint density at radius 1 is 0.806 bits per heavy atom. The molecule has 0 atom stereocenters. The third kappa shape index (κ3) is 4.04. The highest BCUT2D eigenvalue weighted by Gasteiger charge is 2.26. The minimum absolute atomic E-state index is 0.00586. The van der Waals surface area contributed by atoms with Crippen molar-refractivity contribution in [3.8, 4) is 28.7 Å². The number of furan rings is 1. The van der Waals surface area contributed by atoms with Crippen molar-refractivity contribution in [2.24, 2.45) is 0 Å². The summed E-state index contributed by atoms with van der Waals surface area (Å²) in [5.41, 5.74) is 1.29. The van der Waals surface area contributed by atoms with Gasteiger partial charge in [0, 0.05) is 16.5 Å². The predicted octanol–water partition coefficient (Wildman–Crippen LogP) is 4.71. The van der Waals surface area contributed by atoms with Crippen molar-refractivity contribution in [2.75, 3.05) is 39.9 Å². The number of hydrogen-bond acceptors (Lipinski definition) is 8. The fraction of sp³-hybridized carbons (Fsp3) is 0.185. The summed E-state index contributed by atoms with van der Waals surface area (Å²) in [5, 5.41) is 3.42. The molecule has 0 bridgehead atoms. The first kappa shape index (κ1) is 23.1. The van der Waals surface area contributed by atoms with E-state index in [1.807, 2.05) is 0 Å². The third-order valence-electron chi connectivity index (χ3n) is 5.77. The summed E-state index contributed by atoms with van der Waals surface area (Å²) in [5.74, 6) is 1.15. The Morgan fingerprint density at radius 2 is 1.50 bits per heavy atom. The molecule has 0 saturated heterocycles. The van der Waals surface area contributed by atoms with Gasteiger partial charge in [0.05, 0.1) is 27.0 Å². The number of nitrogens with one attached hydrogen (secondary N) is 1. The van der Waals surface area contributed by atoms with Gasteiger partial charge in [-0.1, -0.05) is 12.1 Å². The number of benzene rings is 3. The van der Waals surface area contributed by atoms with Crippen molar-refractivity contribution in [3.05, 3.63) is 71.5 Å². The van der Waals surface area contributed by atoms with Crippen LogP contribution in [0.2, 0.25) is 0 Å². The van der Waals surface area contributed by atoms with Gasteiger partial charge in [-0.2, -0.15) is 0 Å². The smallest absolute Gasteiger partial charge is 0.256 e. The van der Waals surface area contributed by atoms with Gasteiger partial charge >= 0.3 is 0 Å². The van der Waals surface area contributed by atoms with E-state index in [1.54, 1.807) is 42.5 Å². The van der Waals surface area contributed by atoms with Crippen molar-refractivity contribution in [2.45, 2.75) is 0 Å². The molecule has 0 saturated carbocycles. The van der Waals surface area contributed by atoms with E-state index in [1.165, 1.54) is 33.5 Å². The zero-order chi connectivity index (χ0) is 25.2. The summed E-state index contributed by atoms with van der Waals surface area (Å²) in [6.45, 7) is 0.840. The molecule has 4 aromatic rings. The number of hydrogen-bond donors (Lipinski definition) is 1. The molecule has 9 heteroatoms. The van der Waals surface area contributed by atoms with Crippen molar-refractivity contribution in [3.63, 3.8) is 0 Å². The van der Waals surface area contributed by atoms with Crippen molar-refractivity contribution in [1.82, 2.24) is 0 Å². The van der Waals surface area contributed by atoms with Crippen LogP contribution in [0.4, 0.5) is 5.69 Å². The van der Waals surface area contributed by atoms with E-state index >= 15 is 0 Å². The monoisotopic (exact) mass is 489 g/mol. The quantitative estimate of drug-likeness (QED) is 0.372. The molecule has 1 aliphatic rings. The van der Waals surface area contributed by atoms with Crippen LogP contribution in [0.15, 0.2) is 59.0 Å². The first-order valence-electron chi connectivity index (χ1n) is 11.1. The van der Waals surface area contributed by atoms with Crippen LogP contribution in [0, 0.1) is 0 Å². The Labute approximate surface area is 206 Å². The Morgan fingerprint density at radius 3 is 2.19 bits per heavy atom. The fourth-order valence-corrected chi connectivity index (χ4v) is 4.04. The molecule has 5 rings (SSSR count). The largest absolute Gasteiger partial charge is 0.493 e. The second-order valence-corrected chi connectivity index (χ2v) is 7.86. The number of anilines is 1. The summed E-state index contributed by atoms with van der Waals surface area (Å²) in [6.07, 6.45) is 0. The Kier molecular flexibility index (Phi) is 6.12. The standard InChI is InChI=1S/C27H23NO8/c1-31-21-13-16(14-22(32-2)25(21)33-3)27(30)28-23-17-6-4-5-7-18(17)36-26(23)24(29)15-8-9-19-20(12-15)35-11-10-34-19/h4-9,12-14H,10-11H2,1-3H3,(H,28,30). The molecule has 2 heterocycles. The van der Waals surface area contributed by atoms with Crippen LogP contribution in [-0.2, 0) is 0 Å². The van der Waals surface area contributed by atoms with Gasteiger partial charge in [-0.05, 0) is 42.5 Å². The number of carbonyl (C=O) groups excluding carboxylic acids is 2. The van der Waals surface area contributed by atoms with Gasteiger partial charge in [0.1, 0.15) is 18.8 Å². The van der Waals surface area contributed by atoms with Gasteiger partial charge in [0.15, 0.2) is 28.8 Å². The molecular weight excluding hydrogens is 466 g/mol. The van der Waals surface area contributed by atoms with Crippen molar-refractivity contribution in [1.29, 1.82) is 0 Å². The normalized spacial score (nSPS) is 12.2. The molecule has 1 amide bonds. The van der Waals surface area contributed by atoms with Gasteiger partial charge in [-0.15, -0.1) is 0 Å². The molecule has 0 spiro atoms. The summed E-state index contributed by atoms with van der Waals surface area (Å²) in [4.78, 5) is 26.9. The molecular formula is C27H23NO8. The lowest BCUT2D eigenvalue weighted by Gasteiger charge is -2.18. The number of ketones is 1. The van der Waals surface area contributed by atoms with Gasteiger partial charge < -0.3 is 33.4 Å². The van der Waals surface area contributed by atoms with Gasteiger partial charge in [0.2, 0.25) is 11.5 Å². The molecule has 1 aliphatic heterocycles. The van der Waals surface area contributed by atoms with Crippen LogP contribution in [0.25, 0.3) is 11.0 Å². The summed E-state index contributed by atoms with van der Waals surface area (Å²) >= 11 is 0. The lowest BCUT2D eigenvalue weighted by atomic mass is 10.1. The fourth-order valence-electron chi connectivity index (χ4n) is 4.04. The molecule has 1 N–H and O–H groups in total. The number of para-hydroxylation sites is 1. The van der Waals surface area contributed by atoms with Gasteiger partial charge in [-0.25, -0.2) is 0 Å². The zero-order valence-corrected chi connectivity index (χ0v) is 19.9. The lowest BCUT2D eigenvalue weighted by molar-refractivity contribution is 0.101. The Hall–Kier alpha value is -4.66. The first-order valence-corrected chi connectivity index (χ1v) is 11.1. The molecule has 1 aromatic heterocycles. The molecule has 0 unspecified atom stereocenters. The van der Waals surface area contributed by atoms with Crippen molar-refractivity contribution < 1.29 is 37.7 Å². The number of rotatable bonds is 7.